The Balaban J connectivity index is 1.82. The Morgan fingerprint density at radius 2 is 1.87 bits per heavy atom. The molecule has 9 heteroatoms. The van der Waals surface area contributed by atoms with Gasteiger partial charge in [0.05, 0.1) is 34.0 Å². The third kappa shape index (κ3) is 5.40. The lowest BCUT2D eigenvalue weighted by Gasteiger charge is -2.12. The number of rotatable bonds is 8. The van der Waals surface area contributed by atoms with Gasteiger partial charge < -0.3 is 9.47 Å². The molecule has 154 valence electrons. The van der Waals surface area contributed by atoms with Crippen molar-refractivity contribution >= 4 is 40.8 Å². The highest BCUT2D eigenvalue weighted by atomic mass is 35.5. The fourth-order valence-corrected chi connectivity index (χ4v) is 2.89. The molecule has 0 spiro atoms. The number of ether oxygens (including phenoxy) is 2. The largest absolute Gasteiger partial charge is 0.493 e. The summed E-state index contributed by atoms with van der Waals surface area (Å²) in [6, 6.07) is 17.3. The van der Waals surface area contributed by atoms with Crippen molar-refractivity contribution in [3.8, 4) is 11.5 Å². The number of nitrogens with zero attached hydrogens (tertiary/aromatic N) is 2. The molecule has 0 fully saturated rings. The molecule has 0 saturated heterocycles. The van der Waals surface area contributed by atoms with E-state index in [-0.39, 0.29) is 23.8 Å². The van der Waals surface area contributed by atoms with Crippen molar-refractivity contribution in [2.24, 2.45) is 5.10 Å². The zero-order valence-electron chi connectivity index (χ0n) is 15.8. The van der Waals surface area contributed by atoms with Gasteiger partial charge in [-0.1, -0.05) is 53.5 Å². The second-order valence-electron chi connectivity index (χ2n) is 6.10. The quantitative estimate of drug-likeness (QED) is 0.263. The number of nitro groups is 1. The molecule has 3 aromatic rings. The Hall–Kier alpha value is -3.29. The Morgan fingerprint density at radius 3 is 2.53 bits per heavy atom. The Bertz CT molecular complexity index is 1080. The number of hydrazone groups is 1. The molecule has 0 aliphatic carbocycles. The maximum Gasteiger partial charge on any atom is 0.315 e. The molecule has 0 aromatic heterocycles. The standard InChI is InChI=1S/C21H17Cl2N3O4/c1-29-20-10-15(12-24-25-16-7-8-17(22)18(23)11-16)9-19(26(27)28)21(20)30-13-14-5-3-2-4-6-14/h2-12,25H,13H2,1H3. The minimum Gasteiger partial charge on any atom is -0.493 e. The highest BCUT2D eigenvalue weighted by Crippen LogP contribution is 2.38. The van der Waals surface area contributed by atoms with Crippen molar-refractivity contribution in [3.63, 3.8) is 0 Å². The van der Waals surface area contributed by atoms with Crippen LogP contribution in [0.25, 0.3) is 0 Å². The predicted octanol–water partition coefficient (Wildman–Crippen LogP) is 5.94. The number of benzene rings is 3. The van der Waals surface area contributed by atoms with E-state index in [0.29, 0.717) is 21.3 Å². The normalized spacial score (nSPS) is 10.8. The number of nitro benzene ring substituents is 1. The van der Waals surface area contributed by atoms with Crippen LogP contribution in [0.5, 0.6) is 11.5 Å². The summed E-state index contributed by atoms with van der Waals surface area (Å²) in [5, 5.41) is 16.5. The molecule has 0 amide bonds. The average Bonchev–Trinajstić information content (AvgIpc) is 2.75. The van der Waals surface area contributed by atoms with Gasteiger partial charge in [-0.15, -0.1) is 0 Å². The maximum atomic E-state index is 11.6. The molecule has 0 aliphatic heterocycles. The molecule has 30 heavy (non-hydrogen) atoms. The fraction of sp³-hybridized carbons (Fsp3) is 0.0952. The van der Waals surface area contributed by atoms with Gasteiger partial charge in [-0.05, 0) is 29.8 Å². The number of hydrogen-bond acceptors (Lipinski definition) is 6. The van der Waals surface area contributed by atoms with Gasteiger partial charge in [0.25, 0.3) is 0 Å². The van der Waals surface area contributed by atoms with E-state index in [1.807, 2.05) is 30.3 Å². The predicted molar refractivity (Wildman–Crippen MR) is 118 cm³/mol. The van der Waals surface area contributed by atoms with E-state index < -0.39 is 4.92 Å². The Kier molecular flexibility index (Phi) is 7.11. The van der Waals surface area contributed by atoms with Crippen molar-refractivity contribution in [1.29, 1.82) is 0 Å². The molecule has 3 rings (SSSR count). The first kappa shape index (κ1) is 21.4. The molecular weight excluding hydrogens is 429 g/mol. The zero-order valence-corrected chi connectivity index (χ0v) is 17.4. The SMILES string of the molecule is COc1cc(C=NNc2ccc(Cl)c(Cl)c2)cc([N+](=O)[O-])c1OCc1ccccc1. The van der Waals surface area contributed by atoms with E-state index in [1.54, 1.807) is 24.3 Å². The summed E-state index contributed by atoms with van der Waals surface area (Å²) >= 11 is 11.9. The molecule has 0 aliphatic rings. The first-order valence-electron chi connectivity index (χ1n) is 8.75. The van der Waals surface area contributed by atoms with Gasteiger partial charge in [0.1, 0.15) is 6.61 Å². The Labute approximate surface area is 183 Å². The fourth-order valence-electron chi connectivity index (χ4n) is 2.59. The van der Waals surface area contributed by atoms with Crippen molar-refractivity contribution < 1.29 is 14.4 Å². The highest BCUT2D eigenvalue weighted by Gasteiger charge is 2.22. The van der Waals surface area contributed by atoms with Gasteiger partial charge in [0.2, 0.25) is 5.75 Å². The average molecular weight is 446 g/mol. The molecule has 0 radical (unpaired) electrons. The van der Waals surface area contributed by atoms with Crippen molar-refractivity contribution in [2.75, 3.05) is 12.5 Å². The second-order valence-corrected chi connectivity index (χ2v) is 6.92. The number of nitrogens with one attached hydrogen (secondary N) is 1. The Morgan fingerprint density at radius 1 is 1.10 bits per heavy atom. The molecule has 7 nitrogen and oxygen atoms in total. The summed E-state index contributed by atoms with van der Waals surface area (Å²) in [4.78, 5) is 11.1. The van der Waals surface area contributed by atoms with E-state index in [4.69, 9.17) is 32.7 Å². The van der Waals surface area contributed by atoms with Crippen LogP contribution in [0.4, 0.5) is 11.4 Å². The summed E-state index contributed by atoms with van der Waals surface area (Å²) < 4.78 is 11.0. The van der Waals surface area contributed by atoms with E-state index in [0.717, 1.165) is 5.56 Å². The second kappa shape index (κ2) is 9.96. The zero-order chi connectivity index (χ0) is 21.5. The van der Waals surface area contributed by atoms with Crippen LogP contribution in [0.15, 0.2) is 65.8 Å². The third-order valence-electron chi connectivity index (χ3n) is 4.03. The van der Waals surface area contributed by atoms with Crippen molar-refractivity contribution in [1.82, 2.24) is 0 Å². The summed E-state index contributed by atoms with van der Waals surface area (Å²) in [7, 11) is 1.42. The third-order valence-corrected chi connectivity index (χ3v) is 4.77. The van der Waals surface area contributed by atoms with Gasteiger partial charge in [0.15, 0.2) is 5.75 Å². The van der Waals surface area contributed by atoms with Crippen LogP contribution in [0, 0.1) is 10.1 Å². The van der Waals surface area contributed by atoms with Gasteiger partial charge in [-0.3, -0.25) is 15.5 Å². The number of methoxy groups -OCH3 is 1. The van der Waals surface area contributed by atoms with Crippen LogP contribution in [0.2, 0.25) is 10.0 Å². The van der Waals surface area contributed by atoms with E-state index >= 15 is 0 Å². The van der Waals surface area contributed by atoms with Crippen molar-refractivity contribution in [3.05, 3.63) is 92.0 Å². The van der Waals surface area contributed by atoms with Gasteiger partial charge in [0, 0.05) is 11.6 Å². The molecule has 0 atom stereocenters. The molecular formula is C21H17Cl2N3O4. The lowest BCUT2D eigenvalue weighted by Crippen LogP contribution is -2.03. The van der Waals surface area contributed by atoms with Gasteiger partial charge >= 0.3 is 5.69 Å². The van der Waals surface area contributed by atoms with Crippen LogP contribution < -0.4 is 14.9 Å². The number of hydrogen-bond donors (Lipinski definition) is 1. The van der Waals surface area contributed by atoms with E-state index in [9.17, 15) is 10.1 Å². The van der Waals surface area contributed by atoms with Crippen molar-refractivity contribution in [2.45, 2.75) is 6.61 Å². The molecule has 1 N–H and O–H groups in total. The summed E-state index contributed by atoms with van der Waals surface area (Å²) in [5.74, 6) is 0.289. The maximum absolute atomic E-state index is 11.6. The monoisotopic (exact) mass is 445 g/mol. The van der Waals surface area contributed by atoms with E-state index in [1.165, 1.54) is 19.4 Å². The van der Waals surface area contributed by atoms with Gasteiger partial charge in [-0.2, -0.15) is 5.10 Å². The van der Waals surface area contributed by atoms with E-state index in [2.05, 4.69) is 10.5 Å². The summed E-state index contributed by atoms with van der Waals surface area (Å²) in [6.07, 6.45) is 1.43. The van der Waals surface area contributed by atoms with Crippen LogP contribution >= 0.6 is 23.2 Å². The van der Waals surface area contributed by atoms with Crippen LogP contribution in [-0.2, 0) is 6.61 Å². The smallest absolute Gasteiger partial charge is 0.315 e. The summed E-state index contributed by atoms with van der Waals surface area (Å²) in [5.41, 5.74) is 4.52. The first-order valence-corrected chi connectivity index (χ1v) is 9.51. The lowest BCUT2D eigenvalue weighted by molar-refractivity contribution is -0.386. The summed E-state index contributed by atoms with van der Waals surface area (Å²) in [6.45, 7) is 0.171. The minimum atomic E-state index is -0.521. The lowest BCUT2D eigenvalue weighted by atomic mass is 10.1. The molecule has 0 saturated carbocycles. The van der Waals surface area contributed by atoms with Crippen LogP contribution in [-0.4, -0.2) is 18.2 Å². The molecule has 3 aromatic carbocycles. The van der Waals surface area contributed by atoms with Crippen LogP contribution in [0.3, 0.4) is 0 Å². The van der Waals surface area contributed by atoms with Crippen LogP contribution in [0.1, 0.15) is 11.1 Å². The molecule has 0 heterocycles. The minimum absolute atomic E-state index is 0.0564. The molecule has 0 bridgehead atoms. The topological polar surface area (TPSA) is 86.0 Å². The number of halogens is 2. The highest BCUT2D eigenvalue weighted by molar-refractivity contribution is 6.42. The first-order chi connectivity index (χ1) is 14.5. The molecule has 0 unspecified atom stereocenters. The number of anilines is 1. The van der Waals surface area contributed by atoms with Gasteiger partial charge in [-0.25, -0.2) is 0 Å².